The second kappa shape index (κ2) is 8.56. The molecule has 0 fully saturated rings. The average Bonchev–Trinajstić information content (AvgIpc) is 2.91. The highest BCUT2D eigenvalue weighted by Crippen LogP contribution is 2.44. The Morgan fingerprint density at radius 3 is 2.52 bits per heavy atom. The number of fused-ring (bicyclic) bond motifs is 2. The summed E-state index contributed by atoms with van der Waals surface area (Å²) in [5.41, 5.74) is 3.76. The van der Waals surface area contributed by atoms with Crippen LogP contribution in [0.1, 0.15) is 63.3 Å². The molecular weight excluding hydrogens is 418 g/mol. The first-order valence-electron chi connectivity index (χ1n) is 11.7. The zero-order chi connectivity index (χ0) is 24.0. The van der Waals surface area contributed by atoms with Crippen molar-refractivity contribution in [2.45, 2.75) is 79.4 Å². The van der Waals surface area contributed by atoms with Crippen LogP contribution in [-0.2, 0) is 24.3 Å². The van der Waals surface area contributed by atoms with Gasteiger partial charge >= 0.3 is 5.97 Å². The van der Waals surface area contributed by atoms with Crippen molar-refractivity contribution in [3.05, 3.63) is 52.6 Å². The Morgan fingerprint density at radius 1 is 1.15 bits per heavy atom. The molecule has 0 radical (unpaired) electrons. The van der Waals surface area contributed by atoms with Gasteiger partial charge in [-0.05, 0) is 56.4 Å². The lowest BCUT2D eigenvalue weighted by Crippen LogP contribution is -2.32. The minimum absolute atomic E-state index is 0.0778. The molecule has 0 aromatic heterocycles. The molecule has 0 bridgehead atoms. The molecule has 33 heavy (non-hydrogen) atoms. The molecule has 1 atom stereocenters. The maximum Gasteiger partial charge on any atom is 0.309 e. The van der Waals surface area contributed by atoms with E-state index in [1.165, 1.54) is 11.1 Å². The van der Waals surface area contributed by atoms with Gasteiger partial charge in [-0.2, -0.15) is 0 Å². The molecule has 2 aromatic rings. The molecule has 2 heterocycles. The van der Waals surface area contributed by atoms with Crippen LogP contribution in [0.25, 0.3) is 0 Å². The van der Waals surface area contributed by atoms with E-state index < -0.39 is 17.2 Å². The third-order valence-corrected chi connectivity index (χ3v) is 6.48. The van der Waals surface area contributed by atoms with Gasteiger partial charge in [-0.15, -0.1) is 0 Å². The molecule has 6 nitrogen and oxygen atoms in total. The molecule has 0 unspecified atom stereocenters. The molecule has 2 aliphatic heterocycles. The lowest BCUT2D eigenvalue weighted by Gasteiger charge is -2.25. The highest BCUT2D eigenvalue weighted by molar-refractivity contribution is 5.74. The average molecular weight is 454 g/mol. The van der Waals surface area contributed by atoms with Crippen LogP contribution in [0.5, 0.6) is 17.2 Å². The van der Waals surface area contributed by atoms with Crippen LogP contribution in [0.2, 0.25) is 0 Å². The summed E-state index contributed by atoms with van der Waals surface area (Å²) in [6, 6.07) is 10.3. The quantitative estimate of drug-likeness (QED) is 0.638. The summed E-state index contributed by atoms with van der Waals surface area (Å²) in [5.74, 6) is 0.891. The number of carbonyl (C=O) groups is 1. The zero-order valence-electron chi connectivity index (χ0n) is 20.5. The largest absolute Gasteiger partial charge is 0.489 e. The molecule has 0 saturated carbocycles. The molecule has 0 aliphatic carbocycles. The molecule has 2 aromatic carbocycles. The SMILES string of the molecule is CC[C@@H]1CN(Cc2cc(CC(C)(C)C(=O)O)ccc2C)Cc2cc3c(cc2O1)OC(C)(C)O3. The lowest BCUT2D eigenvalue weighted by molar-refractivity contribution is -0.146. The summed E-state index contributed by atoms with van der Waals surface area (Å²) in [6.07, 6.45) is 1.48. The number of carboxylic acid groups (broad SMARTS) is 1. The van der Waals surface area contributed by atoms with Crippen LogP contribution in [-0.4, -0.2) is 34.4 Å². The van der Waals surface area contributed by atoms with E-state index in [0.29, 0.717) is 6.42 Å². The fraction of sp³-hybridized carbons (Fsp3) is 0.519. The molecule has 4 rings (SSSR count). The highest BCUT2D eigenvalue weighted by atomic mass is 16.7. The van der Waals surface area contributed by atoms with Crippen molar-refractivity contribution in [2.24, 2.45) is 5.41 Å². The minimum Gasteiger partial charge on any atom is -0.489 e. The van der Waals surface area contributed by atoms with Crippen LogP contribution in [0.4, 0.5) is 0 Å². The second-order valence-corrected chi connectivity index (χ2v) is 10.5. The van der Waals surface area contributed by atoms with Crippen molar-refractivity contribution in [1.82, 2.24) is 4.90 Å². The number of benzene rings is 2. The molecule has 0 spiro atoms. The van der Waals surface area contributed by atoms with E-state index in [0.717, 1.165) is 54.4 Å². The van der Waals surface area contributed by atoms with Gasteiger partial charge in [0, 0.05) is 45.1 Å². The van der Waals surface area contributed by atoms with E-state index in [1.54, 1.807) is 13.8 Å². The minimum atomic E-state index is -0.800. The van der Waals surface area contributed by atoms with Crippen molar-refractivity contribution in [3.8, 4) is 17.2 Å². The number of hydrogen-bond acceptors (Lipinski definition) is 5. The monoisotopic (exact) mass is 453 g/mol. The van der Waals surface area contributed by atoms with E-state index in [2.05, 4.69) is 30.9 Å². The third-order valence-electron chi connectivity index (χ3n) is 6.48. The normalized spacial score (nSPS) is 19.5. The van der Waals surface area contributed by atoms with Gasteiger partial charge < -0.3 is 19.3 Å². The zero-order valence-corrected chi connectivity index (χ0v) is 20.5. The van der Waals surface area contributed by atoms with E-state index in [1.807, 2.05) is 32.0 Å². The summed E-state index contributed by atoms with van der Waals surface area (Å²) < 4.78 is 18.3. The number of rotatable bonds is 6. The maximum absolute atomic E-state index is 11.6. The fourth-order valence-electron chi connectivity index (χ4n) is 4.50. The molecule has 0 saturated heterocycles. The van der Waals surface area contributed by atoms with Crippen LogP contribution in [0, 0.1) is 12.3 Å². The summed E-state index contributed by atoms with van der Waals surface area (Å²) in [6.45, 7) is 13.9. The van der Waals surface area contributed by atoms with Crippen LogP contribution in [0.15, 0.2) is 30.3 Å². The first kappa shape index (κ1) is 23.4. The smallest absolute Gasteiger partial charge is 0.309 e. The van der Waals surface area contributed by atoms with Gasteiger partial charge in [0.05, 0.1) is 5.41 Å². The molecule has 2 aliphatic rings. The first-order chi connectivity index (χ1) is 15.5. The predicted octanol–water partition coefficient (Wildman–Crippen LogP) is 5.33. The van der Waals surface area contributed by atoms with Gasteiger partial charge in [0.15, 0.2) is 11.5 Å². The van der Waals surface area contributed by atoms with Gasteiger partial charge in [-0.3, -0.25) is 9.69 Å². The molecule has 178 valence electrons. The lowest BCUT2D eigenvalue weighted by atomic mass is 9.85. The topological polar surface area (TPSA) is 68.2 Å². The molecule has 0 amide bonds. The summed E-state index contributed by atoms with van der Waals surface area (Å²) >= 11 is 0. The Hall–Kier alpha value is -2.73. The van der Waals surface area contributed by atoms with Crippen LogP contribution >= 0.6 is 0 Å². The molecule has 6 heteroatoms. The van der Waals surface area contributed by atoms with Gasteiger partial charge in [-0.25, -0.2) is 0 Å². The number of aryl methyl sites for hydroxylation is 1. The Labute approximate surface area is 196 Å². The number of nitrogens with zero attached hydrogens (tertiary/aromatic N) is 1. The van der Waals surface area contributed by atoms with E-state index in [4.69, 9.17) is 14.2 Å². The van der Waals surface area contributed by atoms with Gasteiger partial charge in [0.1, 0.15) is 11.9 Å². The Kier molecular flexibility index (Phi) is 6.08. The standard InChI is InChI=1S/C27H35NO5/c1-7-21-16-28(14-19-10-18(9-8-17(19)2)13-26(3,4)25(29)30)15-20-11-23-24(12-22(20)31-21)33-27(5,6)32-23/h8-12,21H,7,13-16H2,1-6H3,(H,29,30)/t21-/m1/s1. The third kappa shape index (κ3) is 5.11. The number of carboxylic acids is 1. The van der Waals surface area contributed by atoms with Crippen molar-refractivity contribution >= 4 is 5.97 Å². The Morgan fingerprint density at radius 2 is 1.85 bits per heavy atom. The number of ether oxygens (including phenoxy) is 3. The number of aliphatic carboxylic acids is 1. The summed E-state index contributed by atoms with van der Waals surface area (Å²) in [5, 5.41) is 9.53. The van der Waals surface area contributed by atoms with Gasteiger partial charge in [0.2, 0.25) is 5.79 Å². The summed E-state index contributed by atoms with van der Waals surface area (Å²) in [7, 11) is 0. The number of hydrogen-bond donors (Lipinski definition) is 1. The van der Waals surface area contributed by atoms with E-state index in [-0.39, 0.29) is 6.10 Å². The summed E-state index contributed by atoms with van der Waals surface area (Å²) in [4.78, 5) is 14.0. The Bertz CT molecular complexity index is 1060. The van der Waals surface area contributed by atoms with Crippen molar-refractivity contribution < 1.29 is 24.1 Å². The highest BCUT2D eigenvalue weighted by Gasteiger charge is 2.34. The van der Waals surface area contributed by atoms with Gasteiger partial charge in [-0.1, -0.05) is 25.1 Å². The van der Waals surface area contributed by atoms with Crippen molar-refractivity contribution in [2.75, 3.05) is 6.54 Å². The van der Waals surface area contributed by atoms with E-state index >= 15 is 0 Å². The first-order valence-corrected chi connectivity index (χ1v) is 11.7. The molecule has 1 N–H and O–H groups in total. The predicted molar refractivity (Wildman–Crippen MR) is 127 cm³/mol. The second-order valence-electron chi connectivity index (χ2n) is 10.5. The van der Waals surface area contributed by atoms with Crippen LogP contribution in [0.3, 0.4) is 0 Å². The van der Waals surface area contributed by atoms with Gasteiger partial charge in [0.25, 0.3) is 0 Å². The van der Waals surface area contributed by atoms with Crippen molar-refractivity contribution in [1.29, 1.82) is 0 Å². The van der Waals surface area contributed by atoms with Crippen LogP contribution < -0.4 is 14.2 Å². The van der Waals surface area contributed by atoms with E-state index in [9.17, 15) is 9.90 Å². The molecular formula is C27H35NO5. The Balaban J connectivity index is 1.59. The fourth-order valence-corrected chi connectivity index (χ4v) is 4.50. The maximum atomic E-state index is 11.6. The van der Waals surface area contributed by atoms with Crippen molar-refractivity contribution in [3.63, 3.8) is 0 Å².